The standard InChI is InChI=1S/C20H19N3O5/c1-12(2)26-14-9-7-13(8-10-14)18(24)21-20-23-22-19(28-20)17-11-25-15-5-3-4-6-16(15)27-17/h3-10,12,17H,11H2,1-2H3,(H,21,23,24)/t17-/m0/s1. The predicted molar refractivity (Wildman–Crippen MR) is 99.8 cm³/mol. The van der Waals surface area contributed by atoms with Gasteiger partial charge >= 0.3 is 6.01 Å². The van der Waals surface area contributed by atoms with Crippen LogP contribution in [0.4, 0.5) is 6.01 Å². The predicted octanol–water partition coefficient (Wildman–Crippen LogP) is 3.62. The summed E-state index contributed by atoms with van der Waals surface area (Å²) in [7, 11) is 0. The minimum absolute atomic E-state index is 0.00929. The number of anilines is 1. The summed E-state index contributed by atoms with van der Waals surface area (Å²) in [5, 5.41) is 10.4. The molecule has 4 rings (SSSR count). The Balaban J connectivity index is 1.40. The van der Waals surface area contributed by atoms with Crippen molar-refractivity contribution in [1.82, 2.24) is 10.2 Å². The molecule has 1 atom stereocenters. The molecule has 144 valence electrons. The summed E-state index contributed by atoms with van der Waals surface area (Å²) in [6, 6.07) is 14.1. The summed E-state index contributed by atoms with van der Waals surface area (Å²) in [5.41, 5.74) is 0.446. The molecule has 0 radical (unpaired) electrons. The molecule has 8 nitrogen and oxygen atoms in total. The molecule has 2 aromatic carbocycles. The molecule has 0 aliphatic carbocycles. The lowest BCUT2D eigenvalue weighted by atomic mass is 10.2. The van der Waals surface area contributed by atoms with Crippen molar-refractivity contribution in [3.05, 3.63) is 60.0 Å². The Morgan fingerprint density at radius 3 is 2.61 bits per heavy atom. The molecule has 1 N–H and O–H groups in total. The number of hydrogen-bond donors (Lipinski definition) is 1. The van der Waals surface area contributed by atoms with Gasteiger partial charge in [-0.25, -0.2) is 0 Å². The molecule has 0 bridgehead atoms. The number of benzene rings is 2. The average molecular weight is 381 g/mol. The molecule has 2 heterocycles. The SMILES string of the molecule is CC(C)Oc1ccc(C(=O)Nc2nnc([C@@H]3COc4ccccc4O3)o2)cc1. The minimum Gasteiger partial charge on any atom is -0.491 e. The molecular weight excluding hydrogens is 362 g/mol. The Hall–Kier alpha value is -3.55. The summed E-state index contributed by atoms with van der Waals surface area (Å²) in [5.74, 6) is 1.83. The summed E-state index contributed by atoms with van der Waals surface area (Å²) < 4.78 is 22.5. The van der Waals surface area contributed by atoms with Crippen molar-refractivity contribution < 1.29 is 23.4 Å². The molecule has 8 heteroatoms. The van der Waals surface area contributed by atoms with Crippen molar-refractivity contribution in [2.24, 2.45) is 0 Å². The number of carbonyl (C=O) groups excluding carboxylic acids is 1. The maximum Gasteiger partial charge on any atom is 0.322 e. The van der Waals surface area contributed by atoms with Crippen LogP contribution in [0.2, 0.25) is 0 Å². The lowest BCUT2D eigenvalue weighted by molar-refractivity contribution is 0.0716. The summed E-state index contributed by atoms with van der Waals surface area (Å²) in [6.45, 7) is 4.12. The molecule has 0 spiro atoms. The van der Waals surface area contributed by atoms with E-state index in [0.717, 1.165) is 0 Å². The van der Waals surface area contributed by atoms with Crippen molar-refractivity contribution in [1.29, 1.82) is 0 Å². The molecule has 0 saturated carbocycles. The molecule has 1 aromatic heterocycles. The molecule has 1 aliphatic heterocycles. The average Bonchev–Trinajstić information content (AvgIpc) is 3.16. The van der Waals surface area contributed by atoms with Crippen LogP contribution in [0.3, 0.4) is 0 Å². The van der Waals surface area contributed by atoms with Gasteiger partial charge in [0.1, 0.15) is 12.4 Å². The van der Waals surface area contributed by atoms with Crippen molar-refractivity contribution in [3.63, 3.8) is 0 Å². The zero-order valence-corrected chi connectivity index (χ0v) is 15.4. The van der Waals surface area contributed by atoms with E-state index in [9.17, 15) is 4.79 Å². The third-order valence-electron chi connectivity index (χ3n) is 3.93. The zero-order valence-electron chi connectivity index (χ0n) is 15.4. The molecule has 0 unspecified atom stereocenters. The molecule has 1 aliphatic rings. The highest BCUT2D eigenvalue weighted by Crippen LogP contribution is 2.35. The fraction of sp³-hybridized carbons (Fsp3) is 0.250. The quantitative estimate of drug-likeness (QED) is 0.721. The van der Waals surface area contributed by atoms with Crippen molar-refractivity contribution in [3.8, 4) is 17.2 Å². The van der Waals surface area contributed by atoms with Gasteiger partial charge in [0.15, 0.2) is 11.5 Å². The van der Waals surface area contributed by atoms with E-state index >= 15 is 0 Å². The first-order valence-electron chi connectivity index (χ1n) is 8.88. The monoisotopic (exact) mass is 381 g/mol. The van der Waals surface area contributed by atoms with Gasteiger partial charge in [0, 0.05) is 5.56 Å². The summed E-state index contributed by atoms with van der Waals surface area (Å²) in [4.78, 5) is 12.4. The summed E-state index contributed by atoms with van der Waals surface area (Å²) >= 11 is 0. The highest BCUT2D eigenvalue weighted by molar-refractivity contribution is 6.03. The van der Waals surface area contributed by atoms with Gasteiger partial charge in [-0.3, -0.25) is 10.1 Å². The number of amides is 1. The number of para-hydroxylation sites is 2. The van der Waals surface area contributed by atoms with Crippen molar-refractivity contribution >= 4 is 11.9 Å². The van der Waals surface area contributed by atoms with Crippen LogP contribution in [-0.4, -0.2) is 28.8 Å². The molecule has 0 saturated heterocycles. The van der Waals surface area contributed by atoms with Crippen LogP contribution in [0, 0.1) is 0 Å². The molecule has 28 heavy (non-hydrogen) atoms. The number of hydrogen-bond acceptors (Lipinski definition) is 7. The number of ether oxygens (including phenoxy) is 3. The number of aromatic nitrogens is 2. The van der Waals surface area contributed by atoms with Crippen molar-refractivity contribution in [2.75, 3.05) is 11.9 Å². The van der Waals surface area contributed by atoms with Gasteiger partial charge in [0.2, 0.25) is 6.10 Å². The Labute approximate surface area is 161 Å². The van der Waals surface area contributed by atoms with E-state index in [1.165, 1.54) is 0 Å². The van der Waals surface area contributed by atoms with E-state index in [2.05, 4.69) is 15.5 Å². The van der Waals surface area contributed by atoms with Crippen LogP contribution >= 0.6 is 0 Å². The largest absolute Gasteiger partial charge is 0.491 e. The van der Waals surface area contributed by atoms with Crippen LogP contribution in [0.15, 0.2) is 52.9 Å². The second-order valence-electron chi connectivity index (χ2n) is 6.45. The van der Waals surface area contributed by atoms with E-state index in [-0.39, 0.29) is 30.5 Å². The fourth-order valence-electron chi connectivity index (χ4n) is 2.68. The van der Waals surface area contributed by atoms with Gasteiger partial charge in [-0.2, -0.15) is 0 Å². The number of rotatable bonds is 5. The topological polar surface area (TPSA) is 95.7 Å². The second-order valence-corrected chi connectivity index (χ2v) is 6.45. The van der Waals surface area contributed by atoms with Crippen LogP contribution in [0.1, 0.15) is 36.2 Å². The second kappa shape index (κ2) is 7.59. The summed E-state index contributed by atoms with van der Waals surface area (Å²) in [6.07, 6.45) is -0.477. The third kappa shape index (κ3) is 3.90. The van der Waals surface area contributed by atoms with Gasteiger partial charge in [-0.1, -0.05) is 17.2 Å². The first-order chi connectivity index (χ1) is 13.6. The maximum atomic E-state index is 12.4. The Morgan fingerprint density at radius 2 is 1.86 bits per heavy atom. The van der Waals surface area contributed by atoms with Gasteiger partial charge in [-0.15, -0.1) is 5.10 Å². The lowest BCUT2D eigenvalue weighted by Crippen LogP contribution is -2.21. The third-order valence-corrected chi connectivity index (χ3v) is 3.93. The first kappa shape index (κ1) is 17.8. The van der Waals surface area contributed by atoms with E-state index in [1.54, 1.807) is 30.3 Å². The maximum absolute atomic E-state index is 12.4. The van der Waals surface area contributed by atoms with Crippen LogP contribution in [0.25, 0.3) is 0 Å². The lowest BCUT2D eigenvalue weighted by Gasteiger charge is -2.23. The Kier molecular flexibility index (Phi) is 4.84. The van der Waals surface area contributed by atoms with Crippen LogP contribution in [0.5, 0.6) is 17.2 Å². The molecule has 3 aromatic rings. The smallest absolute Gasteiger partial charge is 0.322 e. The molecule has 0 fully saturated rings. The number of fused-ring (bicyclic) bond motifs is 1. The Bertz CT molecular complexity index is 968. The number of nitrogens with one attached hydrogen (secondary N) is 1. The van der Waals surface area contributed by atoms with Gasteiger partial charge in [-0.05, 0) is 50.2 Å². The van der Waals surface area contributed by atoms with Crippen LogP contribution in [-0.2, 0) is 0 Å². The minimum atomic E-state index is -0.541. The van der Waals surface area contributed by atoms with Gasteiger partial charge in [0.05, 0.1) is 6.10 Å². The van der Waals surface area contributed by atoms with E-state index < -0.39 is 6.10 Å². The van der Waals surface area contributed by atoms with E-state index in [4.69, 9.17) is 18.6 Å². The number of carbonyl (C=O) groups is 1. The fourth-order valence-corrected chi connectivity index (χ4v) is 2.68. The van der Waals surface area contributed by atoms with Gasteiger partial charge in [0.25, 0.3) is 11.8 Å². The zero-order chi connectivity index (χ0) is 19.5. The van der Waals surface area contributed by atoms with E-state index in [0.29, 0.717) is 22.8 Å². The normalized spacial score (nSPS) is 15.3. The first-order valence-corrected chi connectivity index (χ1v) is 8.88. The highest BCUT2D eigenvalue weighted by Gasteiger charge is 2.27. The van der Waals surface area contributed by atoms with Gasteiger partial charge < -0.3 is 18.6 Å². The Morgan fingerprint density at radius 1 is 1.11 bits per heavy atom. The molecule has 1 amide bonds. The number of nitrogens with zero attached hydrogens (tertiary/aromatic N) is 2. The van der Waals surface area contributed by atoms with Crippen LogP contribution < -0.4 is 19.5 Å². The van der Waals surface area contributed by atoms with Crippen molar-refractivity contribution in [2.45, 2.75) is 26.1 Å². The highest BCUT2D eigenvalue weighted by atomic mass is 16.6. The van der Waals surface area contributed by atoms with E-state index in [1.807, 2.05) is 32.0 Å². The molecular formula is C20H19N3O5.